The molecule has 0 saturated carbocycles. The zero-order chi connectivity index (χ0) is 12.4. The van der Waals surface area contributed by atoms with Gasteiger partial charge < -0.3 is 11.1 Å². The molecule has 88 valence electrons. The fraction of sp³-hybridized carbons (Fsp3) is 0.100. The van der Waals surface area contributed by atoms with Crippen LogP contribution < -0.4 is 11.1 Å². The van der Waals surface area contributed by atoms with Crippen LogP contribution in [0.3, 0.4) is 0 Å². The lowest BCUT2D eigenvalue weighted by atomic mass is 10.3. The number of rotatable bonds is 2. The van der Waals surface area contributed by atoms with Crippen molar-refractivity contribution in [3.8, 4) is 0 Å². The highest BCUT2D eigenvalue weighted by Crippen LogP contribution is 2.20. The molecule has 0 aromatic carbocycles. The van der Waals surface area contributed by atoms with Crippen molar-refractivity contribution in [3.63, 3.8) is 0 Å². The Kier molecular flexibility index (Phi) is 2.97. The van der Waals surface area contributed by atoms with Crippen LogP contribution in [0.2, 0.25) is 5.15 Å². The molecule has 2 aromatic heterocycles. The van der Waals surface area contributed by atoms with E-state index < -0.39 is 0 Å². The molecule has 0 fully saturated rings. The number of aromatic nitrogens is 3. The van der Waals surface area contributed by atoms with Crippen molar-refractivity contribution in [2.75, 3.05) is 11.1 Å². The summed E-state index contributed by atoms with van der Waals surface area (Å²) in [6.45, 7) is 1.85. The summed E-state index contributed by atoms with van der Waals surface area (Å²) in [6, 6.07) is 3.17. The third-order valence-corrected chi connectivity index (χ3v) is 2.37. The predicted molar refractivity (Wildman–Crippen MR) is 64.9 cm³/mol. The molecule has 2 aromatic rings. The highest BCUT2D eigenvalue weighted by atomic mass is 35.5. The first-order chi connectivity index (χ1) is 8.06. The minimum absolute atomic E-state index is 0.233. The molecule has 0 spiro atoms. The van der Waals surface area contributed by atoms with E-state index in [-0.39, 0.29) is 22.6 Å². The number of amides is 1. The van der Waals surface area contributed by atoms with Crippen LogP contribution in [0.4, 0.5) is 11.5 Å². The monoisotopic (exact) mass is 251 g/mol. The normalized spacial score (nSPS) is 10.2. The van der Waals surface area contributed by atoms with Gasteiger partial charge in [0.25, 0.3) is 5.91 Å². The van der Waals surface area contributed by atoms with Crippen molar-refractivity contribution in [3.05, 3.63) is 34.7 Å². The minimum Gasteiger partial charge on any atom is -0.382 e. The van der Waals surface area contributed by atoms with E-state index in [2.05, 4.69) is 20.5 Å². The largest absolute Gasteiger partial charge is 0.382 e. The summed E-state index contributed by atoms with van der Waals surface area (Å²) in [5, 5.41) is 9.02. The summed E-state index contributed by atoms with van der Waals surface area (Å²) < 4.78 is 0. The van der Waals surface area contributed by atoms with Crippen LogP contribution in [0.15, 0.2) is 18.3 Å². The number of carbonyl (C=O) groups is 1. The maximum absolute atomic E-state index is 11.8. The number of pyridine rings is 1. The van der Waals surface area contributed by atoms with Crippen molar-refractivity contribution in [1.82, 2.24) is 15.2 Å². The number of hydrogen-bond donors (Lipinski definition) is 3. The summed E-state index contributed by atoms with van der Waals surface area (Å²) in [6.07, 6.45) is 1.62. The topological polar surface area (TPSA) is 96.7 Å². The average Bonchev–Trinajstić information content (AvgIpc) is 2.70. The van der Waals surface area contributed by atoms with Crippen molar-refractivity contribution < 1.29 is 4.79 Å². The number of nitrogens with two attached hydrogens (primary N) is 1. The standard InChI is InChI=1S/C10H10ClN5O/c1-5-2-6(9(11)13-4-5)14-10(17)7-3-8(12)16-15-7/h2-4H,1H3,(H,14,17)(H3,12,15,16). The molecule has 4 N–H and O–H groups in total. The summed E-state index contributed by atoms with van der Waals surface area (Å²) in [4.78, 5) is 15.7. The van der Waals surface area contributed by atoms with E-state index in [0.29, 0.717) is 5.69 Å². The zero-order valence-corrected chi connectivity index (χ0v) is 9.75. The van der Waals surface area contributed by atoms with E-state index >= 15 is 0 Å². The molecule has 6 nitrogen and oxygen atoms in total. The zero-order valence-electron chi connectivity index (χ0n) is 8.99. The number of hydrogen-bond acceptors (Lipinski definition) is 4. The summed E-state index contributed by atoms with van der Waals surface area (Å²) in [7, 11) is 0. The van der Waals surface area contributed by atoms with Gasteiger partial charge in [0, 0.05) is 12.3 Å². The Hall–Kier alpha value is -2.08. The molecule has 0 unspecified atom stereocenters. The number of aromatic amines is 1. The number of nitrogens with one attached hydrogen (secondary N) is 2. The van der Waals surface area contributed by atoms with Crippen LogP contribution in [0.1, 0.15) is 16.1 Å². The van der Waals surface area contributed by atoms with Crippen molar-refractivity contribution in [1.29, 1.82) is 0 Å². The Balaban J connectivity index is 2.21. The number of nitrogens with zero attached hydrogens (tertiary/aromatic N) is 2. The molecule has 2 heterocycles. The van der Waals surface area contributed by atoms with E-state index in [1.807, 2.05) is 6.92 Å². The fourth-order valence-electron chi connectivity index (χ4n) is 1.28. The quantitative estimate of drug-likeness (QED) is 0.706. The smallest absolute Gasteiger partial charge is 0.273 e. The van der Waals surface area contributed by atoms with Gasteiger partial charge in [0.05, 0.1) is 5.69 Å². The van der Waals surface area contributed by atoms with Gasteiger partial charge in [-0.05, 0) is 18.6 Å². The molecule has 2 rings (SSSR count). The summed E-state index contributed by atoms with van der Waals surface area (Å²) >= 11 is 5.86. The highest BCUT2D eigenvalue weighted by Gasteiger charge is 2.11. The van der Waals surface area contributed by atoms with Crippen molar-refractivity contribution in [2.45, 2.75) is 6.92 Å². The number of H-pyrrole nitrogens is 1. The van der Waals surface area contributed by atoms with Crippen LogP contribution in [0.5, 0.6) is 0 Å². The molecule has 17 heavy (non-hydrogen) atoms. The average molecular weight is 252 g/mol. The molecule has 0 aliphatic rings. The van der Waals surface area contributed by atoms with Crippen molar-refractivity contribution in [2.24, 2.45) is 0 Å². The van der Waals surface area contributed by atoms with Gasteiger partial charge in [-0.2, -0.15) is 5.10 Å². The van der Waals surface area contributed by atoms with Gasteiger partial charge in [0.1, 0.15) is 11.5 Å². The Bertz CT molecular complexity index is 566. The Morgan fingerprint density at radius 3 is 2.94 bits per heavy atom. The van der Waals surface area contributed by atoms with Gasteiger partial charge in [0.15, 0.2) is 5.15 Å². The first-order valence-corrected chi connectivity index (χ1v) is 5.18. The maximum atomic E-state index is 11.8. The first kappa shape index (κ1) is 11.4. The lowest BCUT2D eigenvalue weighted by molar-refractivity contribution is 0.102. The second-order valence-corrected chi connectivity index (χ2v) is 3.87. The highest BCUT2D eigenvalue weighted by molar-refractivity contribution is 6.32. The molecule has 1 amide bonds. The van der Waals surface area contributed by atoms with Crippen LogP contribution in [-0.2, 0) is 0 Å². The maximum Gasteiger partial charge on any atom is 0.273 e. The predicted octanol–water partition coefficient (Wildman–Crippen LogP) is 1.60. The Labute approximate surface area is 102 Å². The lowest BCUT2D eigenvalue weighted by Crippen LogP contribution is -2.13. The van der Waals surface area contributed by atoms with Gasteiger partial charge in [-0.25, -0.2) is 4.98 Å². The molecule has 7 heteroatoms. The molecule has 0 radical (unpaired) electrons. The number of carbonyl (C=O) groups excluding carboxylic acids is 1. The number of aryl methyl sites for hydroxylation is 1. The van der Waals surface area contributed by atoms with E-state index in [1.54, 1.807) is 12.3 Å². The second kappa shape index (κ2) is 4.42. The van der Waals surface area contributed by atoms with Gasteiger partial charge in [-0.3, -0.25) is 9.89 Å². The van der Waals surface area contributed by atoms with Gasteiger partial charge in [-0.15, -0.1) is 0 Å². The van der Waals surface area contributed by atoms with E-state index in [0.717, 1.165) is 5.56 Å². The fourth-order valence-corrected chi connectivity index (χ4v) is 1.43. The number of nitrogen functional groups attached to an aromatic ring is 1. The Morgan fingerprint density at radius 2 is 2.29 bits per heavy atom. The molecular weight excluding hydrogens is 242 g/mol. The SMILES string of the molecule is Cc1cnc(Cl)c(NC(=O)c2cc(N)n[nH]2)c1. The lowest BCUT2D eigenvalue weighted by Gasteiger charge is -2.05. The summed E-state index contributed by atoms with van der Waals surface area (Å²) in [5.74, 6) is -0.118. The first-order valence-electron chi connectivity index (χ1n) is 4.80. The molecule has 0 saturated heterocycles. The third-order valence-electron chi connectivity index (χ3n) is 2.07. The van der Waals surface area contributed by atoms with Gasteiger partial charge >= 0.3 is 0 Å². The van der Waals surface area contributed by atoms with Crippen LogP contribution in [-0.4, -0.2) is 21.1 Å². The molecular formula is C10H10ClN5O. The second-order valence-electron chi connectivity index (χ2n) is 3.51. The molecule has 0 bridgehead atoms. The van der Waals surface area contributed by atoms with Crippen LogP contribution >= 0.6 is 11.6 Å². The van der Waals surface area contributed by atoms with E-state index in [1.165, 1.54) is 6.07 Å². The molecule has 0 aliphatic heterocycles. The van der Waals surface area contributed by atoms with Crippen LogP contribution in [0.25, 0.3) is 0 Å². The number of halogens is 1. The molecule has 0 atom stereocenters. The number of anilines is 2. The molecule has 0 aliphatic carbocycles. The van der Waals surface area contributed by atoms with E-state index in [4.69, 9.17) is 17.3 Å². The minimum atomic E-state index is -0.372. The van der Waals surface area contributed by atoms with Crippen molar-refractivity contribution >= 4 is 29.0 Å². The van der Waals surface area contributed by atoms with Gasteiger partial charge in [0.2, 0.25) is 0 Å². The third kappa shape index (κ3) is 2.54. The summed E-state index contributed by atoms with van der Waals surface area (Å²) in [5.41, 5.74) is 7.01. The van der Waals surface area contributed by atoms with Gasteiger partial charge in [-0.1, -0.05) is 11.6 Å². The van der Waals surface area contributed by atoms with E-state index in [9.17, 15) is 4.79 Å². The van der Waals surface area contributed by atoms with Crippen LogP contribution in [0, 0.1) is 6.92 Å². The Morgan fingerprint density at radius 1 is 1.53 bits per heavy atom.